The van der Waals surface area contributed by atoms with Crippen molar-refractivity contribution in [3.05, 3.63) is 17.9 Å². The van der Waals surface area contributed by atoms with Crippen molar-refractivity contribution in [2.24, 2.45) is 5.92 Å². The van der Waals surface area contributed by atoms with E-state index < -0.39 is 0 Å². The summed E-state index contributed by atoms with van der Waals surface area (Å²) in [6.45, 7) is 0.872. The summed E-state index contributed by atoms with van der Waals surface area (Å²) >= 11 is 5.83. The number of rotatable bonds is 4. The molecule has 0 aliphatic heterocycles. The van der Waals surface area contributed by atoms with Crippen molar-refractivity contribution in [3.8, 4) is 5.95 Å². The highest BCUT2D eigenvalue weighted by atomic mass is 35.5. The van der Waals surface area contributed by atoms with E-state index in [0.717, 1.165) is 12.5 Å². The highest BCUT2D eigenvalue weighted by Gasteiger charge is 2.21. The Morgan fingerprint density at radius 1 is 1.35 bits per heavy atom. The Balaban J connectivity index is 1.83. The van der Waals surface area contributed by atoms with Crippen LogP contribution in [0.4, 0.5) is 5.95 Å². The molecule has 0 amide bonds. The van der Waals surface area contributed by atoms with E-state index in [-0.39, 0.29) is 5.28 Å². The second-order valence-corrected chi connectivity index (χ2v) is 4.23. The summed E-state index contributed by atoms with van der Waals surface area (Å²) in [7, 11) is 0. The van der Waals surface area contributed by atoms with Gasteiger partial charge < -0.3 is 5.32 Å². The standard InChI is InChI=1S/C9H10ClN7/c10-7-14-8(12-3-6-1-2-6)16-9(15-7)17-5-11-4-13-17/h4-6H,1-3H2,(H,12,14,15,16). The van der Waals surface area contributed by atoms with E-state index in [0.29, 0.717) is 11.9 Å². The fraction of sp³-hybridized carbons (Fsp3) is 0.444. The molecule has 1 N–H and O–H groups in total. The molecule has 8 heteroatoms. The van der Waals surface area contributed by atoms with Crippen molar-refractivity contribution in [3.63, 3.8) is 0 Å². The quantitative estimate of drug-likeness (QED) is 0.871. The van der Waals surface area contributed by atoms with Crippen molar-refractivity contribution >= 4 is 17.5 Å². The molecule has 2 aromatic rings. The first kappa shape index (κ1) is 10.4. The third kappa shape index (κ3) is 2.50. The van der Waals surface area contributed by atoms with Gasteiger partial charge >= 0.3 is 0 Å². The second-order valence-electron chi connectivity index (χ2n) is 3.89. The average molecular weight is 252 g/mol. The van der Waals surface area contributed by atoms with Gasteiger partial charge in [-0.25, -0.2) is 4.98 Å². The van der Waals surface area contributed by atoms with Crippen molar-refractivity contribution < 1.29 is 0 Å². The Morgan fingerprint density at radius 3 is 2.94 bits per heavy atom. The maximum absolute atomic E-state index is 5.83. The number of hydrogen-bond acceptors (Lipinski definition) is 6. The number of nitrogens with one attached hydrogen (secondary N) is 1. The summed E-state index contributed by atoms with van der Waals surface area (Å²) in [5.41, 5.74) is 0. The number of hydrogen-bond donors (Lipinski definition) is 1. The van der Waals surface area contributed by atoms with Gasteiger partial charge in [0.25, 0.3) is 5.95 Å². The zero-order valence-corrected chi connectivity index (χ0v) is 9.67. The maximum atomic E-state index is 5.83. The molecule has 2 aromatic heterocycles. The molecule has 0 bridgehead atoms. The Morgan fingerprint density at radius 2 is 2.24 bits per heavy atom. The predicted molar refractivity (Wildman–Crippen MR) is 61.0 cm³/mol. The molecule has 7 nitrogen and oxygen atoms in total. The SMILES string of the molecule is Clc1nc(NCC2CC2)nc(-n2cncn2)n1. The minimum atomic E-state index is 0.142. The maximum Gasteiger partial charge on any atom is 0.258 e. The Hall–Kier alpha value is -1.76. The summed E-state index contributed by atoms with van der Waals surface area (Å²) in [5, 5.41) is 7.23. The lowest BCUT2D eigenvalue weighted by molar-refractivity contribution is 0.788. The first-order valence-corrected chi connectivity index (χ1v) is 5.69. The van der Waals surface area contributed by atoms with Crippen molar-refractivity contribution in [1.29, 1.82) is 0 Å². The molecular weight excluding hydrogens is 242 g/mol. The van der Waals surface area contributed by atoms with Gasteiger partial charge in [0.05, 0.1) is 0 Å². The fourth-order valence-electron chi connectivity index (χ4n) is 1.39. The average Bonchev–Trinajstić information content (AvgIpc) is 2.98. The highest BCUT2D eigenvalue weighted by molar-refractivity contribution is 6.28. The summed E-state index contributed by atoms with van der Waals surface area (Å²) in [4.78, 5) is 16.0. The molecule has 1 aliphatic carbocycles. The number of nitrogens with zero attached hydrogens (tertiary/aromatic N) is 6. The summed E-state index contributed by atoms with van der Waals surface area (Å²) in [6, 6.07) is 0. The molecule has 2 heterocycles. The lowest BCUT2D eigenvalue weighted by atomic mass is 10.4. The number of anilines is 1. The van der Waals surface area contributed by atoms with E-state index in [1.807, 2.05) is 0 Å². The Kier molecular flexibility index (Phi) is 2.60. The molecular formula is C9H10ClN7. The van der Waals surface area contributed by atoms with E-state index in [9.17, 15) is 0 Å². The molecule has 0 unspecified atom stereocenters. The first-order chi connectivity index (χ1) is 8.31. The van der Waals surface area contributed by atoms with Gasteiger partial charge in [-0.2, -0.15) is 24.7 Å². The molecule has 0 spiro atoms. The summed E-state index contributed by atoms with van der Waals surface area (Å²) in [5.74, 6) is 1.57. The summed E-state index contributed by atoms with van der Waals surface area (Å²) in [6.07, 6.45) is 5.45. The van der Waals surface area contributed by atoms with Gasteiger partial charge in [-0.3, -0.25) is 0 Å². The Bertz CT molecular complexity index is 508. The van der Waals surface area contributed by atoms with Crippen molar-refractivity contribution in [2.75, 3.05) is 11.9 Å². The molecule has 88 valence electrons. The van der Waals surface area contributed by atoms with Crippen LogP contribution in [0.25, 0.3) is 5.95 Å². The van der Waals surface area contributed by atoms with Gasteiger partial charge in [-0.15, -0.1) is 0 Å². The van der Waals surface area contributed by atoms with Gasteiger partial charge in [-0.1, -0.05) is 0 Å². The van der Waals surface area contributed by atoms with E-state index in [1.165, 1.54) is 30.2 Å². The van der Waals surface area contributed by atoms with Gasteiger partial charge in [0.2, 0.25) is 11.2 Å². The van der Waals surface area contributed by atoms with Crippen LogP contribution in [0.15, 0.2) is 12.7 Å². The lowest BCUT2D eigenvalue weighted by Gasteiger charge is -2.05. The van der Waals surface area contributed by atoms with E-state index in [2.05, 4.69) is 30.4 Å². The second kappa shape index (κ2) is 4.25. The highest BCUT2D eigenvalue weighted by Crippen LogP contribution is 2.28. The van der Waals surface area contributed by atoms with Crippen LogP contribution in [0, 0.1) is 5.92 Å². The van der Waals surface area contributed by atoms with Crippen LogP contribution < -0.4 is 5.32 Å². The zero-order valence-electron chi connectivity index (χ0n) is 8.91. The lowest BCUT2D eigenvalue weighted by Crippen LogP contribution is -2.11. The Labute approximate surface area is 102 Å². The van der Waals surface area contributed by atoms with E-state index in [4.69, 9.17) is 11.6 Å². The third-order valence-electron chi connectivity index (χ3n) is 2.47. The van der Waals surface area contributed by atoms with Crippen molar-refractivity contribution in [2.45, 2.75) is 12.8 Å². The molecule has 17 heavy (non-hydrogen) atoms. The molecule has 0 radical (unpaired) electrons. The number of halogens is 1. The van der Waals surface area contributed by atoms with Crippen LogP contribution >= 0.6 is 11.6 Å². The zero-order chi connectivity index (χ0) is 11.7. The van der Waals surface area contributed by atoms with Crippen LogP contribution in [-0.4, -0.2) is 36.3 Å². The van der Waals surface area contributed by atoms with Crippen LogP contribution in [-0.2, 0) is 0 Å². The smallest absolute Gasteiger partial charge is 0.258 e. The van der Waals surface area contributed by atoms with Gasteiger partial charge in [-0.05, 0) is 30.4 Å². The normalized spacial score (nSPS) is 14.9. The van der Waals surface area contributed by atoms with Crippen LogP contribution in [0.3, 0.4) is 0 Å². The molecule has 0 atom stereocenters. The minimum Gasteiger partial charge on any atom is -0.354 e. The number of aromatic nitrogens is 6. The predicted octanol–water partition coefficient (Wildman–Crippen LogP) is 0.928. The topological polar surface area (TPSA) is 81.4 Å². The van der Waals surface area contributed by atoms with E-state index in [1.54, 1.807) is 0 Å². The summed E-state index contributed by atoms with van der Waals surface area (Å²) < 4.78 is 1.44. The van der Waals surface area contributed by atoms with Crippen LogP contribution in [0.2, 0.25) is 5.28 Å². The molecule has 3 rings (SSSR count). The fourth-order valence-corrected chi connectivity index (χ4v) is 1.55. The largest absolute Gasteiger partial charge is 0.354 e. The molecule has 0 saturated heterocycles. The third-order valence-corrected chi connectivity index (χ3v) is 2.63. The van der Waals surface area contributed by atoms with Crippen molar-refractivity contribution in [1.82, 2.24) is 29.7 Å². The van der Waals surface area contributed by atoms with E-state index >= 15 is 0 Å². The van der Waals surface area contributed by atoms with Gasteiger partial charge in [0, 0.05) is 6.54 Å². The molecule has 1 aliphatic rings. The van der Waals surface area contributed by atoms with Gasteiger partial charge in [0.1, 0.15) is 12.7 Å². The minimum absolute atomic E-state index is 0.142. The molecule has 1 fully saturated rings. The monoisotopic (exact) mass is 251 g/mol. The first-order valence-electron chi connectivity index (χ1n) is 5.32. The van der Waals surface area contributed by atoms with Crippen LogP contribution in [0.1, 0.15) is 12.8 Å². The van der Waals surface area contributed by atoms with Gasteiger partial charge in [0.15, 0.2) is 0 Å². The van der Waals surface area contributed by atoms with Crippen LogP contribution in [0.5, 0.6) is 0 Å². The molecule has 1 saturated carbocycles. The molecule has 0 aromatic carbocycles.